The number of carbonyl (C=O) groups excluding carboxylic acids is 1. The van der Waals surface area contributed by atoms with Crippen LogP contribution in [0.25, 0.3) is 11.3 Å². The summed E-state index contributed by atoms with van der Waals surface area (Å²) >= 11 is 1.36. The smallest absolute Gasteiger partial charge is 0.262 e. The second-order valence-electron chi connectivity index (χ2n) is 5.77. The third-order valence-corrected chi connectivity index (χ3v) is 4.80. The van der Waals surface area contributed by atoms with E-state index in [1.165, 1.54) is 11.3 Å². The maximum absolute atomic E-state index is 12.5. The van der Waals surface area contributed by atoms with Crippen LogP contribution in [0.4, 0.5) is 5.13 Å². The minimum Gasteiger partial charge on any atom is -0.486 e. The van der Waals surface area contributed by atoms with Crippen molar-refractivity contribution in [3.05, 3.63) is 40.6 Å². The van der Waals surface area contributed by atoms with Gasteiger partial charge in [0.15, 0.2) is 16.6 Å². The Morgan fingerprint density at radius 3 is 2.88 bits per heavy atom. The predicted molar refractivity (Wildman–Crippen MR) is 97.1 cm³/mol. The van der Waals surface area contributed by atoms with E-state index in [4.69, 9.17) is 14.0 Å². The number of ether oxygens (including phenoxy) is 2. The van der Waals surface area contributed by atoms with Gasteiger partial charge in [-0.1, -0.05) is 12.1 Å². The first-order valence-corrected chi connectivity index (χ1v) is 9.15. The van der Waals surface area contributed by atoms with E-state index in [2.05, 4.69) is 15.5 Å². The molecule has 1 aliphatic rings. The number of benzene rings is 1. The topological polar surface area (TPSA) is 86.5 Å². The molecule has 1 amide bonds. The molecule has 0 saturated heterocycles. The quantitative estimate of drug-likeness (QED) is 0.753. The lowest BCUT2D eigenvalue weighted by atomic mass is 10.1. The summed E-state index contributed by atoms with van der Waals surface area (Å²) in [6, 6.07) is 5.69. The van der Waals surface area contributed by atoms with Crippen LogP contribution in [-0.2, 0) is 6.42 Å². The molecule has 0 atom stereocenters. The molecule has 0 spiro atoms. The molecule has 2 aromatic heterocycles. The number of aryl methyl sites for hydroxylation is 2. The molecule has 1 N–H and O–H groups in total. The largest absolute Gasteiger partial charge is 0.486 e. The van der Waals surface area contributed by atoms with Crippen molar-refractivity contribution in [3.8, 4) is 22.8 Å². The van der Waals surface area contributed by atoms with Gasteiger partial charge in [-0.3, -0.25) is 10.1 Å². The fourth-order valence-electron chi connectivity index (χ4n) is 2.77. The van der Waals surface area contributed by atoms with E-state index in [0.717, 1.165) is 17.0 Å². The van der Waals surface area contributed by atoms with E-state index in [-0.39, 0.29) is 5.91 Å². The van der Waals surface area contributed by atoms with Crippen molar-refractivity contribution in [2.45, 2.75) is 20.3 Å². The van der Waals surface area contributed by atoms with Crippen molar-refractivity contribution in [2.24, 2.45) is 0 Å². The summed E-state index contributed by atoms with van der Waals surface area (Å²) in [6.07, 6.45) is 0.601. The van der Waals surface area contributed by atoms with Crippen molar-refractivity contribution in [3.63, 3.8) is 0 Å². The molecule has 8 heteroatoms. The molecule has 134 valence electrons. The van der Waals surface area contributed by atoms with Crippen LogP contribution in [0.5, 0.6) is 11.5 Å². The molecule has 26 heavy (non-hydrogen) atoms. The third-order valence-electron chi connectivity index (χ3n) is 4.04. The zero-order valence-electron chi connectivity index (χ0n) is 14.4. The number of amides is 1. The van der Waals surface area contributed by atoms with Crippen molar-refractivity contribution in [2.75, 3.05) is 18.5 Å². The fraction of sp³-hybridized carbons (Fsp3) is 0.278. The van der Waals surface area contributed by atoms with E-state index >= 15 is 0 Å². The monoisotopic (exact) mass is 371 g/mol. The van der Waals surface area contributed by atoms with Gasteiger partial charge in [-0.15, -0.1) is 11.3 Å². The molecule has 0 unspecified atom stereocenters. The van der Waals surface area contributed by atoms with Gasteiger partial charge >= 0.3 is 0 Å². The number of hydrogen-bond donors (Lipinski definition) is 1. The number of hydrogen-bond acceptors (Lipinski definition) is 7. The standard InChI is InChI=1S/C18H17N3O4S/c1-3-13-16(10(2)21-25-13)17(22)20-18-19-12(9-26-18)11-4-5-14-15(8-11)24-7-6-23-14/h4-5,8-9H,3,6-7H2,1-2H3,(H,19,20,22). The van der Waals surface area contributed by atoms with Gasteiger partial charge in [-0.2, -0.15) is 0 Å². The Bertz CT molecular complexity index is 963. The van der Waals surface area contributed by atoms with E-state index in [1.54, 1.807) is 6.92 Å². The summed E-state index contributed by atoms with van der Waals surface area (Å²) in [7, 11) is 0. The maximum Gasteiger partial charge on any atom is 0.262 e. The van der Waals surface area contributed by atoms with Crippen molar-refractivity contribution in [1.82, 2.24) is 10.1 Å². The van der Waals surface area contributed by atoms with Crippen LogP contribution in [0.15, 0.2) is 28.1 Å². The van der Waals surface area contributed by atoms with Gasteiger partial charge in [-0.25, -0.2) is 4.98 Å². The molecule has 1 aliphatic heterocycles. The Hall–Kier alpha value is -2.87. The zero-order chi connectivity index (χ0) is 18.1. The molecule has 1 aromatic carbocycles. The van der Waals surface area contributed by atoms with Gasteiger partial charge in [0.25, 0.3) is 5.91 Å². The summed E-state index contributed by atoms with van der Waals surface area (Å²) in [6.45, 7) is 4.76. The highest BCUT2D eigenvalue weighted by Gasteiger charge is 2.20. The van der Waals surface area contributed by atoms with E-state index in [9.17, 15) is 4.79 Å². The van der Waals surface area contributed by atoms with Crippen molar-refractivity contribution >= 4 is 22.4 Å². The van der Waals surface area contributed by atoms with E-state index in [0.29, 0.717) is 47.5 Å². The normalized spacial score (nSPS) is 12.8. The molecular weight excluding hydrogens is 354 g/mol. The Labute approximate surface area is 153 Å². The van der Waals surface area contributed by atoms with Crippen LogP contribution < -0.4 is 14.8 Å². The molecule has 0 aliphatic carbocycles. The summed E-state index contributed by atoms with van der Waals surface area (Å²) in [5.41, 5.74) is 2.72. The van der Waals surface area contributed by atoms with Gasteiger partial charge in [-0.05, 0) is 25.1 Å². The Morgan fingerprint density at radius 1 is 1.27 bits per heavy atom. The predicted octanol–water partition coefficient (Wildman–Crippen LogP) is 3.69. The zero-order valence-corrected chi connectivity index (χ0v) is 15.2. The number of aromatic nitrogens is 2. The number of thiazole rings is 1. The SMILES string of the molecule is CCc1onc(C)c1C(=O)Nc1nc(-c2ccc3c(c2)OCCO3)cs1. The molecule has 0 bridgehead atoms. The van der Waals surface area contributed by atoms with Crippen LogP contribution in [0.2, 0.25) is 0 Å². The summed E-state index contributed by atoms with van der Waals surface area (Å²) < 4.78 is 16.3. The Balaban J connectivity index is 1.55. The number of carbonyl (C=O) groups is 1. The lowest BCUT2D eigenvalue weighted by molar-refractivity contribution is 0.102. The summed E-state index contributed by atoms with van der Waals surface area (Å²) in [5.74, 6) is 1.76. The Morgan fingerprint density at radius 2 is 2.08 bits per heavy atom. The van der Waals surface area contributed by atoms with Crippen LogP contribution >= 0.6 is 11.3 Å². The van der Waals surface area contributed by atoms with Crippen LogP contribution in [0, 0.1) is 6.92 Å². The van der Waals surface area contributed by atoms with Gasteiger partial charge in [0.05, 0.1) is 11.4 Å². The molecule has 0 saturated carbocycles. The lowest BCUT2D eigenvalue weighted by Crippen LogP contribution is -2.15. The molecular formula is C18H17N3O4S. The number of nitrogens with one attached hydrogen (secondary N) is 1. The van der Waals surface area contributed by atoms with E-state index in [1.807, 2.05) is 30.5 Å². The maximum atomic E-state index is 12.5. The fourth-order valence-corrected chi connectivity index (χ4v) is 3.49. The average Bonchev–Trinajstić information content (AvgIpc) is 3.27. The minimum atomic E-state index is -0.260. The van der Waals surface area contributed by atoms with Gasteiger partial charge < -0.3 is 14.0 Å². The third kappa shape index (κ3) is 3.03. The second-order valence-corrected chi connectivity index (χ2v) is 6.63. The number of rotatable bonds is 4. The highest BCUT2D eigenvalue weighted by atomic mass is 32.1. The lowest BCUT2D eigenvalue weighted by Gasteiger charge is -2.18. The first-order chi connectivity index (χ1) is 12.7. The number of anilines is 1. The summed E-state index contributed by atoms with van der Waals surface area (Å²) in [5, 5.41) is 9.10. The van der Waals surface area contributed by atoms with Gasteiger partial charge in [0, 0.05) is 17.4 Å². The number of nitrogens with zero attached hydrogens (tertiary/aromatic N) is 2. The molecule has 3 heterocycles. The second kappa shape index (κ2) is 6.80. The molecule has 0 fully saturated rings. The average molecular weight is 371 g/mol. The van der Waals surface area contributed by atoms with Crippen LogP contribution in [0.1, 0.15) is 28.7 Å². The molecule has 3 aromatic rings. The Kier molecular flexibility index (Phi) is 4.34. The minimum absolute atomic E-state index is 0.260. The van der Waals surface area contributed by atoms with Crippen molar-refractivity contribution < 1.29 is 18.8 Å². The van der Waals surface area contributed by atoms with Gasteiger partial charge in [0.2, 0.25) is 0 Å². The molecule has 4 rings (SSSR count). The molecule has 0 radical (unpaired) electrons. The highest BCUT2D eigenvalue weighted by molar-refractivity contribution is 7.14. The van der Waals surface area contributed by atoms with Crippen LogP contribution in [-0.4, -0.2) is 29.3 Å². The van der Waals surface area contributed by atoms with Crippen LogP contribution in [0.3, 0.4) is 0 Å². The number of fused-ring (bicyclic) bond motifs is 1. The highest BCUT2D eigenvalue weighted by Crippen LogP contribution is 2.35. The first kappa shape index (κ1) is 16.6. The first-order valence-electron chi connectivity index (χ1n) is 8.27. The van der Waals surface area contributed by atoms with E-state index < -0.39 is 0 Å². The summed E-state index contributed by atoms with van der Waals surface area (Å²) in [4.78, 5) is 17.0. The van der Waals surface area contributed by atoms with Crippen molar-refractivity contribution in [1.29, 1.82) is 0 Å². The van der Waals surface area contributed by atoms with Gasteiger partial charge in [0.1, 0.15) is 24.5 Å². The molecule has 7 nitrogen and oxygen atoms in total.